The summed E-state index contributed by atoms with van der Waals surface area (Å²) in [6.07, 6.45) is 0. The number of amides is 2. The van der Waals surface area contributed by atoms with Crippen LogP contribution in [0.25, 0.3) is 22.0 Å². The lowest BCUT2D eigenvalue weighted by atomic mass is 10.0. The standard InChI is InChI=1S/C20H15ClFN5O/c21-12-2-1-3-14(10-12)25-20(28)24-13-6-4-11(5-7-13)17-15(22)8-9-16-18(17)19(23)27-26-16/h1-10H,(H3,23,26,27)(H2,24,25,28). The fourth-order valence-electron chi connectivity index (χ4n) is 2.97. The van der Waals surface area contributed by atoms with Crippen LogP contribution in [-0.4, -0.2) is 16.2 Å². The number of halogens is 2. The van der Waals surface area contributed by atoms with Crippen LogP contribution in [0.1, 0.15) is 0 Å². The van der Waals surface area contributed by atoms with Crippen molar-refractivity contribution in [3.8, 4) is 11.1 Å². The number of nitrogens with one attached hydrogen (secondary N) is 3. The molecule has 0 aliphatic heterocycles. The van der Waals surface area contributed by atoms with Gasteiger partial charge >= 0.3 is 6.03 Å². The Hall–Kier alpha value is -3.58. The molecule has 5 N–H and O–H groups in total. The molecule has 0 unspecified atom stereocenters. The average Bonchev–Trinajstić information content (AvgIpc) is 3.04. The molecule has 0 atom stereocenters. The van der Waals surface area contributed by atoms with Gasteiger partial charge in [0, 0.05) is 22.0 Å². The molecule has 6 nitrogen and oxygen atoms in total. The zero-order chi connectivity index (χ0) is 19.7. The monoisotopic (exact) mass is 395 g/mol. The summed E-state index contributed by atoms with van der Waals surface area (Å²) in [7, 11) is 0. The van der Waals surface area contributed by atoms with E-state index in [0.717, 1.165) is 0 Å². The third kappa shape index (κ3) is 3.47. The normalized spacial score (nSPS) is 10.8. The molecule has 140 valence electrons. The average molecular weight is 396 g/mol. The van der Waals surface area contributed by atoms with Crippen molar-refractivity contribution in [2.75, 3.05) is 16.4 Å². The number of anilines is 3. The van der Waals surface area contributed by atoms with Crippen molar-refractivity contribution in [1.29, 1.82) is 0 Å². The molecule has 4 aromatic rings. The Bertz CT molecular complexity index is 1170. The zero-order valence-electron chi connectivity index (χ0n) is 14.5. The van der Waals surface area contributed by atoms with Gasteiger partial charge in [-0.05, 0) is 48.0 Å². The molecule has 0 radical (unpaired) electrons. The Kier molecular flexibility index (Phi) is 4.58. The van der Waals surface area contributed by atoms with Crippen molar-refractivity contribution < 1.29 is 9.18 Å². The van der Waals surface area contributed by atoms with Crippen LogP contribution < -0.4 is 16.4 Å². The molecule has 28 heavy (non-hydrogen) atoms. The summed E-state index contributed by atoms with van der Waals surface area (Å²) in [5, 5.41) is 13.2. The molecule has 3 aromatic carbocycles. The first-order chi connectivity index (χ1) is 13.5. The summed E-state index contributed by atoms with van der Waals surface area (Å²) in [6.45, 7) is 0. The van der Waals surface area contributed by atoms with E-state index in [2.05, 4.69) is 20.8 Å². The fraction of sp³-hybridized carbons (Fsp3) is 0. The Balaban J connectivity index is 1.56. The second-order valence-electron chi connectivity index (χ2n) is 6.12. The summed E-state index contributed by atoms with van der Waals surface area (Å²) < 4.78 is 14.5. The van der Waals surface area contributed by atoms with E-state index >= 15 is 0 Å². The van der Waals surface area contributed by atoms with Gasteiger partial charge in [0.25, 0.3) is 0 Å². The summed E-state index contributed by atoms with van der Waals surface area (Å²) in [5.41, 5.74) is 8.64. The van der Waals surface area contributed by atoms with E-state index in [1.807, 2.05) is 0 Å². The molecule has 1 aromatic heterocycles. The number of hydrogen-bond donors (Lipinski definition) is 4. The van der Waals surface area contributed by atoms with E-state index in [-0.39, 0.29) is 5.82 Å². The van der Waals surface area contributed by atoms with E-state index in [1.165, 1.54) is 6.07 Å². The molecule has 0 aliphatic carbocycles. The van der Waals surface area contributed by atoms with Crippen molar-refractivity contribution in [2.24, 2.45) is 0 Å². The first kappa shape index (κ1) is 17.8. The van der Waals surface area contributed by atoms with Crippen LogP contribution in [0.5, 0.6) is 0 Å². The van der Waals surface area contributed by atoms with Gasteiger partial charge < -0.3 is 16.4 Å². The lowest BCUT2D eigenvalue weighted by Crippen LogP contribution is -2.19. The molecular formula is C20H15ClFN5O. The van der Waals surface area contributed by atoms with Crippen LogP contribution in [-0.2, 0) is 0 Å². The topological polar surface area (TPSA) is 95.8 Å². The highest BCUT2D eigenvalue weighted by Gasteiger charge is 2.15. The van der Waals surface area contributed by atoms with Crippen LogP contribution in [0, 0.1) is 5.82 Å². The Morgan fingerprint density at radius 1 is 1.04 bits per heavy atom. The van der Waals surface area contributed by atoms with Gasteiger partial charge in [0.2, 0.25) is 0 Å². The Morgan fingerprint density at radius 2 is 1.79 bits per heavy atom. The Labute approximate surface area is 164 Å². The second-order valence-corrected chi connectivity index (χ2v) is 6.56. The lowest BCUT2D eigenvalue weighted by molar-refractivity contribution is 0.262. The third-order valence-corrected chi connectivity index (χ3v) is 4.46. The second kappa shape index (κ2) is 7.21. The van der Waals surface area contributed by atoms with Crippen LogP contribution >= 0.6 is 11.6 Å². The van der Waals surface area contributed by atoms with Gasteiger partial charge in [-0.15, -0.1) is 0 Å². The van der Waals surface area contributed by atoms with E-state index in [4.69, 9.17) is 17.3 Å². The molecular weight excluding hydrogens is 381 g/mol. The van der Waals surface area contributed by atoms with Gasteiger partial charge in [-0.3, -0.25) is 5.10 Å². The van der Waals surface area contributed by atoms with Crippen molar-refractivity contribution in [2.45, 2.75) is 0 Å². The highest BCUT2D eigenvalue weighted by molar-refractivity contribution is 6.30. The van der Waals surface area contributed by atoms with Gasteiger partial charge in [-0.1, -0.05) is 29.8 Å². The maximum atomic E-state index is 14.5. The van der Waals surface area contributed by atoms with E-state index in [9.17, 15) is 9.18 Å². The van der Waals surface area contributed by atoms with Gasteiger partial charge in [-0.25, -0.2) is 9.18 Å². The number of carbonyl (C=O) groups is 1. The summed E-state index contributed by atoms with van der Waals surface area (Å²) in [4.78, 5) is 12.1. The minimum absolute atomic E-state index is 0.229. The molecule has 0 saturated heterocycles. The first-order valence-electron chi connectivity index (χ1n) is 8.37. The van der Waals surface area contributed by atoms with Crippen molar-refractivity contribution in [3.05, 3.63) is 71.5 Å². The largest absolute Gasteiger partial charge is 0.382 e. The Morgan fingerprint density at radius 3 is 2.54 bits per heavy atom. The quantitative estimate of drug-likeness (QED) is 0.381. The molecule has 0 saturated carbocycles. The minimum Gasteiger partial charge on any atom is -0.382 e. The third-order valence-electron chi connectivity index (χ3n) is 4.22. The predicted octanol–water partition coefficient (Wildman–Crippen LogP) is 5.25. The number of hydrogen-bond acceptors (Lipinski definition) is 3. The first-order valence-corrected chi connectivity index (χ1v) is 8.75. The van der Waals surface area contributed by atoms with Gasteiger partial charge in [-0.2, -0.15) is 5.10 Å². The predicted molar refractivity (Wildman–Crippen MR) is 110 cm³/mol. The van der Waals surface area contributed by atoms with E-state index in [0.29, 0.717) is 38.4 Å². The van der Waals surface area contributed by atoms with Gasteiger partial charge in [0.05, 0.1) is 10.9 Å². The molecule has 0 bridgehead atoms. The number of aromatic nitrogens is 2. The zero-order valence-corrected chi connectivity index (χ0v) is 15.2. The maximum absolute atomic E-state index is 14.5. The SMILES string of the molecule is Nc1n[nH]c2ccc(F)c(-c3ccc(NC(=O)Nc4cccc(Cl)c4)cc3)c12. The number of urea groups is 1. The fourth-order valence-corrected chi connectivity index (χ4v) is 3.17. The molecule has 1 heterocycles. The molecule has 0 spiro atoms. The van der Waals surface area contributed by atoms with Crippen LogP contribution in [0.15, 0.2) is 60.7 Å². The molecule has 8 heteroatoms. The van der Waals surface area contributed by atoms with Crippen LogP contribution in [0.4, 0.5) is 26.4 Å². The van der Waals surface area contributed by atoms with Crippen LogP contribution in [0.2, 0.25) is 5.02 Å². The van der Waals surface area contributed by atoms with E-state index < -0.39 is 11.8 Å². The molecule has 4 rings (SSSR count). The summed E-state index contributed by atoms with van der Waals surface area (Å²) in [6, 6.07) is 16.1. The van der Waals surface area contributed by atoms with Crippen LogP contribution in [0.3, 0.4) is 0 Å². The van der Waals surface area contributed by atoms with Crippen molar-refractivity contribution in [3.63, 3.8) is 0 Å². The molecule has 2 amide bonds. The van der Waals surface area contributed by atoms with Gasteiger partial charge in [0.15, 0.2) is 5.82 Å². The number of rotatable bonds is 3. The highest BCUT2D eigenvalue weighted by atomic mass is 35.5. The van der Waals surface area contributed by atoms with E-state index in [1.54, 1.807) is 54.6 Å². The summed E-state index contributed by atoms with van der Waals surface area (Å²) in [5.74, 6) is -0.174. The number of nitrogens with two attached hydrogens (primary N) is 1. The number of benzene rings is 3. The number of carbonyl (C=O) groups excluding carboxylic acids is 1. The number of H-pyrrole nitrogens is 1. The highest BCUT2D eigenvalue weighted by Crippen LogP contribution is 2.34. The molecule has 0 aliphatic rings. The molecule has 0 fully saturated rings. The lowest BCUT2D eigenvalue weighted by Gasteiger charge is -2.10. The van der Waals surface area contributed by atoms with Gasteiger partial charge in [0.1, 0.15) is 5.82 Å². The minimum atomic E-state index is -0.414. The summed E-state index contributed by atoms with van der Waals surface area (Å²) >= 11 is 5.90. The van der Waals surface area contributed by atoms with Crippen molar-refractivity contribution in [1.82, 2.24) is 10.2 Å². The number of nitrogen functional groups attached to an aromatic ring is 1. The number of aromatic amines is 1. The smallest absolute Gasteiger partial charge is 0.323 e. The number of nitrogens with zero attached hydrogens (tertiary/aromatic N) is 1. The maximum Gasteiger partial charge on any atom is 0.323 e. The number of fused-ring (bicyclic) bond motifs is 1. The van der Waals surface area contributed by atoms with Crippen molar-refractivity contribution >= 4 is 45.7 Å².